The first-order valence-corrected chi connectivity index (χ1v) is 4.31. The molecule has 68 valence electrons. The van der Waals surface area contributed by atoms with Crippen molar-refractivity contribution in [2.45, 2.75) is 51.7 Å². The average molecular weight is 160 g/mol. The minimum Gasteiger partial charge on any atom is -0.390 e. The molecule has 0 amide bonds. The molecule has 0 rings (SSSR count). The van der Waals surface area contributed by atoms with E-state index in [1.54, 1.807) is 7.11 Å². The topological polar surface area (TPSA) is 29.5 Å². The van der Waals surface area contributed by atoms with Crippen LogP contribution < -0.4 is 0 Å². The summed E-state index contributed by atoms with van der Waals surface area (Å²) in [6.07, 6.45) is 2.68. The van der Waals surface area contributed by atoms with Crippen LogP contribution in [0.5, 0.6) is 0 Å². The minimum absolute atomic E-state index is 0.199. The lowest BCUT2D eigenvalue weighted by atomic mass is 9.95. The zero-order valence-electron chi connectivity index (χ0n) is 8.05. The van der Waals surface area contributed by atoms with Gasteiger partial charge in [0, 0.05) is 13.5 Å². The van der Waals surface area contributed by atoms with E-state index < -0.39 is 5.60 Å². The van der Waals surface area contributed by atoms with Crippen LogP contribution in [0, 0.1) is 0 Å². The summed E-state index contributed by atoms with van der Waals surface area (Å²) in [5, 5.41) is 9.68. The lowest BCUT2D eigenvalue weighted by Crippen LogP contribution is -2.29. The predicted octanol–water partition coefficient (Wildman–Crippen LogP) is 1.96. The van der Waals surface area contributed by atoms with Crippen molar-refractivity contribution in [1.29, 1.82) is 0 Å². The third-order valence-corrected chi connectivity index (χ3v) is 2.22. The highest BCUT2D eigenvalue weighted by Gasteiger charge is 2.21. The zero-order chi connectivity index (χ0) is 8.91. The summed E-state index contributed by atoms with van der Waals surface area (Å²) < 4.78 is 5.18. The summed E-state index contributed by atoms with van der Waals surface area (Å²) in [7, 11) is 1.69. The molecule has 1 N–H and O–H groups in total. The highest BCUT2D eigenvalue weighted by Crippen LogP contribution is 2.18. The number of rotatable bonds is 5. The van der Waals surface area contributed by atoms with Gasteiger partial charge in [0.1, 0.15) is 0 Å². The second-order valence-electron chi connectivity index (χ2n) is 3.32. The molecule has 0 aliphatic carbocycles. The van der Waals surface area contributed by atoms with Gasteiger partial charge in [-0.2, -0.15) is 0 Å². The zero-order valence-corrected chi connectivity index (χ0v) is 8.05. The molecule has 0 bridgehead atoms. The van der Waals surface area contributed by atoms with Gasteiger partial charge in [-0.15, -0.1) is 0 Å². The highest BCUT2D eigenvalue weighted by atomic mass is 16.5. The van der Waals surface area contributed by atoms with Gasteiger partial charge in [0.25, 0.3) is 0 Å². The van der Waals surface area contributed by atoms with Gasteiger partial charge in [0.2, 0.25) is 0 Å². The molecule has 0 aliphatic heterocycles. The normalized spacial score (nSPS) is 19.4. The fraction of sp³-hybridized carbons (Fsp3) is 1.00. The van der Waals surface area contributed by atoms with E-state index in [1.165, 1.54) is 0 Å². The Morgan fingerprint density at radius 1 is 1.45 bits per heavy atom. The maximum absolute atomic E-state index is 9.68. The maximum Gasteiger partial charge on any atom is 0.0641 e. The standard InChI is InChI=1S/C9H20O2/c1-5-8(11-4)7-9(3,10)6-2/h8,10H,5-7H2,1-4H3/t8?,9-/m0/s1. The Balaban J connectivity index is 3.79. The first kappa shape index (κ1) is 10.9. The van der Waals surface area contributed by atoms with Gasteiger partial charge in [-0.25, -0.2) is 0 Å². The SMILES string of the molecule is CCC(C[C@@](C)(O)CC)OC. The molecule has 11 heavy (non-hydrogen) atoms. The van der Waals surface area contributed by atoms with E-state index >= 15 is 0 Å². The second-order valence-corrected chi connectivity index (χ2v) is 3.32. The first-order chi connectivity index (χ1) is 5.05. The molecule has 0 spiro atoms. The largest absolute Gasteiger partial charge is 0.390 e. The van der Waals surface area contributed by atoms with Crippen LogP contribution in [-0.4, -0.2) is 23.9 Å². The maximum atomic E-state index is 9.68. The number of methoxy groups -OCH3 is 1. The van der Waals surface area contributed by atoms with Gasteiger partial charge >= 0.3 is 0 Å². The molecular weight excluding hydrogens is 140 g/mol. The fourth-order valence-corrected chi connectivity index (χ4v) is 1.03. The Morgan fingerprint density at radius 3 is 2.27 bits per heavy atom. The number of ether oxygens (including phenoxy) is 1. The molecule has 0 aromatic rings. The van der Waals surface area contributed by atoms with Gasteiger partial charge in [0.05, 0.1) is 11.7 Å². The van der Waals surface area contributed by atoms with E-state index in [2.05, 4.69) is 6.92 Å². The van der Waals surface area contributed by atoms with Crippen LogP contribution in [-0.2, 0) is 4.74 Å². The molecule has 2 nitrogen and oxygen atoms in total. The van der Waals surface area contributed by atoms with Crippen LogP contribution in [0.4, 0.5) is 0 Å². The Kier molecular flexibility index (Phi) is 4.69. The van der Waals surface area contributed by atoms with Crippen LogP contribution >= 0.6 is 0 Å². The highest BCUT2D eigenvalue weighted by molar-refractivity contribution is 4.74. The average Bonchev–Trinajstić information content (AvgIpc) is 2.00. The van der Waals surface area contributed by atoms with Crippen molar-refractivity contribution < 1.29 is 9.84 Å². The molecule has 0 fully saturated rings. The molecule has 0 radical (unpaired) electrons. The number of hydrogen-bond donors (Lipinski definition) is 1. The number of hydrogen-bond acceptors (Lipinski definition) is 2. The van der Waals surface area contributed by atoms with Crippen LogP contribution in [0.25, 0.3) is 0 Å². The summed E-state index contributed by atoms with van der Waals surface area (Å²) in [6, 6.07) is 0. The van der Waals surface area contributed by atoms with Gasteiger partial charge in [-0.05, 0) is 19.8 Å². The second kappa shape index (κ2) is 4.73. The van der Waals surface area contributed by atoms with E-state index in [1.807, 2.05) is 13.8 Å². The Hall–Kier alpha value is -0.0800. The van der Waals surface area contributed by atoms with Gasteiger partial charge in [0.15, 0.2) is 0 Å². The lowest BCUT2D eigenvalue weighted by Gasteiger charge is -2.25. The summed E-state index contributed by atoms with van der Waals surface area (Å²) in [5.74, 6) is 0. The Bertz CT molecular complexity index is 95.7. The van der Waals surface area contributed by atoms with Gasteiger partial charge < -0.3 is 9.84 Å². The van der Waals surface area contributed by atoms with Crippen LogP contribution in [0.1, 0.15) is 40.0 Å². The summed E-state index contributed by atoms with van der Waals surface area (Å²) >= 11 is 0. The number of aliphatic hydroxyl groups is 1. The van der Waals surface area contributed by atoms with Crippen molar-refractivity contribution in [3.05, 3.63) is 0 Å². The molecular formula is C9H20O2. The third-order valence-electron chi connectivity index (χ3n) is 2.22. The van der Waals surface area contributed by atoms with E-state index in [-0.39, 0.29) is 6.10 Å². The van der Waals surface area contributed by atoms with Crippen molar-refractivity contribution >= 4 is 0 Å². The van der Waals surface area contributed by atoms with Crippen LogP contribution in [0.15, 0.2) is 0 Å². The monoisotopic (exact) mass is 160 g/mol. The van der Waals surface area contributed by atoms with E-state index in [9.17, 15) is 5.11 Å². The van der Waals surface area contributed by atoms with Crippen molar-refractivity contribution in [2.75, 3.05) is 7.11 Å². The molecule has 0 aromatic carbocycles. The molecule has 2 heteroatoms. The van der Waals surface area contributed by atoms with E-state index in [0.717, 1.165) is 19.3 Å². The van der Waals surface area contributed by atoms with Gasteiger partial charge in [-0.3, -0.25) is 0 Å². The molecule has 0 saturated heterocycles. The fourth-order valence-electron chi connectivity index (χ4n) is 1.03. The van der Waals surface area contributed by atoms with Crippen LogP contribution in [0.3, 0.4) is 0 Å². The molecule has 0 saturated carbocycles. The molecule has 0 heterocycles. The lowest BCUT2D eigenvalue weighted by molar-refractivity contribution is -0.0161. The summed E-state index contributed by atoms with van der Waals surface area (Å²) in [4.78, 5) is 0. The summed E-state index contributed by atoms with van der Waals surface area (Å²) in [6.45, 7) is 5.91. The Morgan fingerprint density at radius 2 is 2.00 bits per heavy atom. The van der Waals surface area contributed by atoms with Crippen LogP contribution in [0.2, 0.25) is 0 Å². The van der Waals surface area contributed by atoms with Crippen molar-refractivity contribution in [3.63, 3.8) is 0 Å². The predicted molar refractivity (Wildman–Crippen MR) is 46.6 cm³/mol. The van der Waals surface area contributed by atoms with Crippen molar-refractivity contribution in [1.82, 2.24) is 0 Å². The van der Waals surface area contributed by atoms with Crippen molar-refractivity contribution in [2.24, 2.45) is 0 Å². The van der Waals surface area contributed by atoms with Gasteiger partial charge in [-0.1, -0.05) is 13.8 Å². The van der Waals surface area contributed by atoms with Crippen molar-refractivity contribution in [3.8, 4) is 0 Å². The molecule has 2 atom stereocenters. The van der Waals surface area contributed by atoms with E-state index in [0.29, 0.717) is 0 Å². The minimum atomic E-state index is -0.559. The first-order valence-electron chi connectivity index (χ1n) is 4.31. The Labute approximate surface area is 69.6 Å². The quantitative estimate of drug-likeness (QED) is 0.666. The summed E-state index contributed by atoms with van der Waals surface area (Å²) in [5.41, 5.74) is -0.559. The molecule has 0 aromatic heterocycles. The third kappa shape index (κ3) is 4.38. The molecule has 1 unspecified atom stereocenters. The van der Waals surface area contributed by atoms with E-state index in [4.69, 9.17) is 4.74 Å². The molecule has 0 aliphatic rings. The smallest absolute Gasteiger partial charge is 0.0641 e.